The van der Waals surface area contributed by atoms with Gasteiger partial charge in [-0.05, 0) is 35.9 Å². The molecule has 5 heteroatoms. The first-order chi connectivity index (χ1) is 10.1. The molecule has 0 aliphatic rings. The normalized spacial score (nSPS) is 11.8. The van der Waals surface area contributed by atoms with Crippen LogP contribution in [0.15, 0.2) is 42.5 Å². The van der Waals surface area contributed by atoms with E-state index in [0.29, 0.717) is 17.3 Å². The van der Waals surface area contributed by atoms with Crippen LogP contribution < -0.4 is 14.8 Å². The molecular weight excluding hydrogens is 290 g/mol. The fourth-order valence-corrected chi connectivity index (χ4v) is 2.19. The van der Waals surface area contributed by atoms with Crippen molar-refractivity contribution in [1.29, 1.82) is 0 Å². The third-order valence-electron chi connectivity index (χ3n) is 3.15. The molecule has 0 aliphatic heterocycles. The molecule has 0 fully saturated rings. The highest BCUT2D eigenvalue weighted by atomic mass is 35.5. The van der Waals surface area contributed by atoms with E-state index in [4.69, 9.17) is 21.1 Å². The Morgan fingerprint density at radius 2 is 1.81 bits per heavy atom. The SMILES string of the molecule is COc1ccc(C(O)CNc2ccc(OC)c(Cl)c2)cc1. The van der Waals surface area contributed by atoms with Crippen molar-refractivity contribution in [2.75, 3.05) is 26.1 Å². The number of rotatable bonds is 6. The number of anilines is 1. The molecule has 0 bridgehead atoms. The molecule has 0 saturated carbocycles. The highest BCUT2D eigenvalue weighted by Crippen LogP contribution is 2.27. The van der Waals surface area contributed by atoms with Crippen molar-refractivity contribution in [2.24, 2.45) is 0 Å². The molecule has 2 aromatic carbocycles. The highest BCUT2D eigenvalue weighted by molar-refractivity contribution is 6.32. The predicted molar refractivity (Wildman–Crippen MR) is 84.4 cm³/mol. The fourth-order valence-electron chi connectivity index (χ4n) is 1.93. The summed E-state index contributed by atoms with van der Waals surface area (Å²) in [6.45, 7) is 0.384. The van der Waals surface area contributed by atoms with E-state index in [1.165, 1.54) is 0 Å². The second-order valence-electron chi connectivity index (χ2n) is 4.52. The molecule has 21 heavy (non-hydrogen) atoms. The zero-order valence-electron chi connectivity index (χ0n) is 12.0. The van der Waals surface area contributed by atoms with Crippen LogP contribution in [0.2, 0.25) is 5.02 Å². The number of hydrogen-bond acceptors (Lipinski definition) is 4. The van der Waals surface area contributed by atoms with Gasteiger partial charge in [0.25, 0.3) is 0 Å². The minimum absolute atomic E-state index is 0.384. The fraction of sp³-hybridized carbons (Fsp3) is 0.250. The molecule has 0 saturated heterocycles. The van der Waals surface area contributed by atoms with Crippen molar-refractivity contribution in [1.82, 2.24) is 0 Å². The van der Waals surface area contributed by atoms with Gasteiger partial charge in [-0.1, -0.05) is 23.7 Å². The lowest BCUT2D eigenvalue weighted by molar-refractivity contribution is 0.191. The molecule has 112 valence electrons. The molecule has 0 aliphatic carbocycles. The number of hydrogen-bond donors (Lipinski definition) is 2. The summed E-state index contributed by atoms with van der Waals surface area (Å²) < 4.78 is 10.2. The maximum atomic E-state index is 10.2. The Morgan fingerprint density at radius 3 is 2.38 bits per heavy atom. The summed E-state index contributed by atoms with van der Waals surface area (Å²) in [5.74, 6) is 1.39. The number of nitrogens with one attached hydrogen (secondary N) is 1. The third-order valence-corrected chi connectivity index (χ3v) is 3.45. The van der Waals surface area contributed by atoms with Crippen LogP contribution in [-0.2, 0) is 0 Å². The topological polar surface area (TPSA) is 50.7 Å². The molecule has 2 N–H and O–H groups in total. The van der Waals surface area contributed by atoms with Gasteiger partial charge in [-0.2, -0.15) is 0 Å². The monoisotopic (exact) mass is 307 g/mol. The molecule has 2 rings (SSSR count). The van der Waals surface area contributed by atoms with Gasteiger partial charge in [0.15, 0.2) is 0 Å². The maximum Gasteiger partial charge on any atom is 0.137 e. The van der Waals surface area contributed by atoms with Crippen molar-refractivity contribution >= 4 is 17.3 Å². The van der Waals surface area contributed by atoms with Gasteiger partial charge in [0.2, 0.25) is 0 Å². The van der Waals surface area contributed by atoms with Crippen LogP contribution in [-0.4, -0.2) is 25.9 Å². The molecule has 0 aromatic heterocycles. The first-order valence-electron chi connectivity index (χ1n) is 6.53. The molecule has 0 heterocycles. The molecule has 0 radical (unpaired) electrons. The lowest BCUT2D eigenvalue weighted by Crippen LogP contribution is -2.12. The van der Waals surface area contributed by atoms with E-state index in [1.807, 2.05) is 30.3 Å². The largest absolute Gasteiger partial charge is 0.497 e. The van der Waals surface area contributed by atoms with Crippen LogP contribution in [0.1, 0.15) is 11.7 Å². The van der Waals surface area contributed by atoms with Crippen molar-refractivity contribution in [3.8, 4) is 11.5 Å². The summed E-state index contributed by atoms with van der Waals surface area (Å²) in [4.78, 5) is 0. The van der Waals surface area contributed by atoms with E-state index in [0.717, 1.165) is 17.0 Å². The van der Waals surface area contributed by atoms with Crippen molar-refractivity contribution in [2.45, 2.75) is 6.10 Å². The van der Waals surface area contributed by atoms with E-state index in [1.54, 1.807) is 26.4 Å². The molecule has 4 nitrogen and oxygen atoms in total. The van der Waals surface area contributed by atoms with Gasteiger partial charge in [0.05, 0.1) is 25.3 Å². The number of ether oxygens (including phenoxy) is 2. The molecule has 2 aromatic rings. The summed E-state index contributed by atoms with van der Waals surface area (Å²) in [5.41, 5.74) is 1.65. The summed E-state index contributed by atoms with van der Waals surface area (Å²) in [6.07, 6.45) is -0.614. The Balaban J connectivity index is 1.96. The van der Waals surface area contributed by atoms with Gasteiger partial charge in [-0.3, -0.25) is 0 Å². The van der Waals surface area contributed by atoms with Gasteiger partial charge < -0.3 is 19.9 Å². The third kappa shape index (κ3) is 4.03. The summed E-state index contributed by atoms with van der Waals surface area (Å²) >= 11 is 6.05. The van der Waals surface area contributed by atoms with Gasteiger partial charge >= 0.3 is 0 Å². The van der Waals surface area contributed by atoms with E-state index < -0.39 is 6.10 Å². The summed E-state index contributed by atoms with van der Waals surface area (Å²) in [6, 6.07) is 12.7. The summed E-state index contributed by atoms with van der Waals surface area (Å²) in [7, 11) is 3.18. The van der Waals surface area contributed by atoms with Crippen LogP contribution in [0.4, 0.5) is 5.69 Å². The standard InChI is InChI=1S/C16H18ClNO3/c1-20-13-6-3-11(4-7-13)15(19)10-18-12-5-8-16(21-2)14(17)9-12/h3-9,15,18-19H,10H2,1-2H3. The van der Waals surface area contributed by atoms with E-state index in [2.05, 4.69) is 5.32 Å². The second kappa shape index (κ2) is 7.20. The van der Waals surface area contributed by atoms with Crippen LogP contribution >= 0.6 is 11.6 Å². The Labute approximate surface area is 129 Å². The van der Waals surface area contributed by atoms with E-state index in [9.17, 15) is 5.11 Å². The van der Waals surface area contributed by atoms with Crippen LogP contribution in [0.5, 0.6) is 11.5 Å². The average Bonchev–Trinajstić information content (AvgIpc) is 2.52. The van der Waals surface area contributed by atoms with Gasteiger partial charge in [0.1, 0.15) is 11.5 Å². The van der Waals surface area contributed by atoms with Gasteiger partial charge in [0, 0.05) is 12.2 Å². The van der Waals surface area contributed by atoms with Gasteiger partial charge in [-0.15, -0.1) is 0 Å². The maximum absolute atomic E-state index is 10.2. The van der Waals surface area contributed by atoms with Crippen LogP contribution in [0, 0.1) is 0 Å². The Hall–Kier alpha value is -1.91. The number of methoxy groups -OCH3 is 2. The van der Waals surface area contributed by atoms with Crippen molar-refractivity contribution < 1.29 is 14.6 Å². The zero-order valence-corrected chi connectivity index (χ0v) is 12.7. The Bertz CT molecular complexity index is 587. The highest BCUT2D eigenvalue weighted by Gasteiger charge is 2.08. The van der Waals surface area contributed by atoms with Crippen molar-refractivity contribution in [3.63, 3.8) is 0 Å². The predicted octanol–water partition coefficient (Wildman–Crippen LogP) is 3.50. The minimum Gasteiger partial charge on any atom is -0.497 e. The zero-order chi connectivity index (χ0) is 15.2. The molecule has 0 amide bonds. The Morgan fingerprint density at radius 1 is 1.10 bits per heavy atom. The lowest BCUT2D eigenvalue weighted by Gasteiger charge is -2.14. The number of aliphatic hydroxyl groups is 1. The van der Waals surface area contributed by atoms with E-state index in [-0.39, 0.29) is 0 Å². The lowest BCUT2D eigenvalue weighted by atomic mass is 10.1. The van der Waals surface area contributed by atoms with Crippen molar-refractivity contribution in [3.05, 3.63) is 53.1 Å². The molecular formula is C16H18ClNO3. The number of halogens is 1. The second-order valence-corrected chi connectivity index (χ2v) is 4.93. The van der Waals surface area contributed by atoms with Crippen LogP contribution in [0.3, 0.4) is 0 Å². The molecule has 1 unspecified atom stereocenters. The summed E-state index contributed by atoms with van der Waals surface area (Å²) in [5, 5.41) is 13.8. The Kier molecular flexibility index (Phi) is 5.31. The molecule has 1 atom stereocenters. The number of aliphatic hydroxyl groups excluding tert-OH is 1. The first-order valence-corrected chi connectivity index (χ1v) is 6.91. The van der Waals surface area contributed by atoms with Gasteiger partial charge in [-0.25, -0.2) is 0 Å². The quantitative estimate of drug-likeness (QED) is 0.857. The average molecular weight is 308 g/mol. The number of benzene rings is 2. The van der Waals surface area contributed by atoms with Crippen LogP contribution in [0.25, 0.3) is 0 Å². The smallest absolute Gasteiger partial charge is 0.137 e. The minimum atomic E-state index is -0.614. The van der Waals surface area contributed by atoms with E-state index >= 15 is 0 Å². The molecule has 0 spiro atoms. The first kappa shape index (κ1) is 15.5.